The van der Waals surface area contributed by atoms with Crippen LogP contribution >= 0.6 is 11.6 Å². The zero-order chi connectivity index (χ0) is 13.9. The van der Waals surface area contributed by atoms with Crippen LogP contribution in [0, 0.1) is 13.8 Å². The van der Waals surface area contributed by atoms with Gasteiger partial charge in [-0.3, -0.25) is 4.79 Å². The van der Waals surface area contributed by atoms with E-state index in [1.807, 2.05) is 46.8 Å². The van der Waals surface area contributed by atoms with Crippen molar-refractivity contribution in [2.45, 2.75) is 40.2 Å². The number of hydrogen-bond acceptors (Lipinski definition) is 2. The molecule has 0 fully saturated rings. The number of aryl methyl sites for hydroxylation is 2. The van der Waals surface area contributed by atoms with Gasteiger partial charge in [-0.15, -0.1) is 0 Å². The third-order valence-electron chi connectivity index (χ3n) is 2.37. The van der Waals surface area contributed by atoms with Crippen molar-refractivity contribution in [2.75, 3.05) is 11.9 Å². The second kappa shape index (κ2) is 5.61. The molecule has 0 bridgehead atoms. The minimum absolute atomic E-state index is 0.0430. The lowest BCUT2D eigenvalue weighted by Crippen LogP contribution is -2.43. The van der Waals surface area contributed by atoms with Crippen LogP contribution < -0.4 is 10.6 Å². The van der Waals surface area contributed by atoms with Gasteiger partial charge in [-0.2, -0.15) is 0 Å². The summed E-state index contributed by atoms with van der Waals surface area (Å²) in [5.41, 5.74) is 2.77. The summed E-state index contributed by atoms with van der Waals surface area (Å²) in [5, 5.41) is 6.63. The molecule has 0 radical (unpaired) electrons. The Bertz CT molecular complexity index is 427. The van der Waals surface area contributed by atoms with Crippen LogP contribution in [-0.4, -0.2) is 18.0 Å². The maximum atomic E-state index is 11.7. The zero-order valence-electron chi connectivity index (χ0n) is 11.6. The Morgan fingerprint density at radius 3 is 2.39 bits per heavy atom. The first-order valence-electron chi connectivity index (χ1n) is 6.00. The van der Waals surface area contributed by atoms with Gasteiger partial charge in [0.2, 0.25) is 5.91 Å². The Labute approximate surface area is 114 Å². The first-order valence-corrected chi connectivity index (χ1v) is 6.38. The predicted octanol–water partition coefficient (Wildman–Crippen LogP) is 3.28. The van der Waals surface area contributed by atoms with Crippen molar-refractivity contribution in [2.24, 2.45) is 0 Å². The van der Waals surface area contributed by atoms with Gasteiger partial charge in [0, 0.05) is 5.54 Å². The Kier molecular flexibility index (Phi) is 4.63. The predicted molar refractivity (Wildman–Crippen MR) is 77.3 cm³/mol. The Morgan fingerprint density at radius 1 is 1.28 bits per heavy atom. The summed E-state index contributed by atoms with van der Waals surface area (Å²) in [6.07, 6.45) is 0. The summed E-state index contributed by atoms with van der Waals surface area (Å²) in [4.78, 5) is 11.7. The second-order valence-corrected chi connectivity index (χ2v) is 6.00. The minimum Gasteiger partial charge on any atom is -0.375 e. The smallest absolute Gasteiger partial charge is 0.239 e. The van der Waals surface area contributed by atoms with E-state index in [2.05, 4.69) is 10.6 Å². The van der Waals surface area contributed by atoms with Crippen molar-refractivity contribution in [1.29, 1.82) is 0 Å². The minimum atomic E-state index is -0.217. The van der Waals surface area contributed by atoms with Crippen molar-refractivity contribution in [3.63, 3.8) is 0 Å². The number of nitrogens with one attached hydrogen (secondary N) is 2. The van der Waals surface area contributed by atoms with Crippen LogP contribution in [0.25, 0.3) is 0 Å². The fraction of sp³-hybridized carbons (Fsp3) is 0.500. The van der Waals surface area contributed by atoms with Crippen LogP contribution in [0.1, 0.15) is 31.9 Å². The first kappa shape index (κ1) is 14.8. The molecule has 0 aliphatic carbocycles. The lowest BCUT2D eigenvalue weighted by molar-refractivity contribution is -0.120. The summed E-state index contributed by atoms with van der Waals surface area (Å²) >= 11 is 6.16. The molecule has 100 valence electrons. The lowest BCUT2D eigenvalue weighted by atomic mass is 10.1. The number of amides is 1. The molecule has 0 atom stereocenters. The van der Waals surface area contributed by atoms with Gasteiger partial charge < -0.3 is 10.6 Å². The van der Waals surface area contributed by atoms with E-state index < -0.39 is 0 Å². The molecule has 1 rings (SSSR count). The maximum absolute atomic E-state index is 11.7. The normalized spacial score (nSPS) is 11.2. The van der Waals surface area contributed by atoms with Crippen molar-refractivity contribution in [3.05, 3.63) is 28.3 Å². The molecule has 0 saturated heterocycles. The van der Waals surface area contributed by atoms with Crippen molar-refractivity contribution in [3.8, 4) is 0 Å². The summed E-state index contributed by atoms with van der Waals surface area (Å²) < 4.78 is 0. The quantitative estimate of drug-likeness (QED) is 0.883. The zero-order valence-corrected chi connectivity index (χ0v) is 12.4. The van der Waals surface area contributed by atoms with Gasteiger partial charge >= 0.3 is 0 Å². The Balaban J connectivity index is 2.67. The molecule has 18 heavy (non-hydrogen) atoms. The van der Waals surface area contributed by atoms with Crippen molar-refractivity contribution in [1.82, 2.24) is 5.32 Å². The van der Waals surface area contributed by atoms with Crippen molar-refractivity contribution < 1.29 is 4.79 Å². The largest absolute Gasteiger partial charge is 0.375 e. The van der Waals surface area contributed by atoms with E-state index in [-0.39, 0.29) is 18.0 Å². The van der Waals surface area contributed by atoms with Gasteiger partial charge in [-0.25, -0.2) is 0 Å². The third-order valence-corrected chi connectivity index (χ3v) is 2.67. The molecule has 0 aliphatic heterocycles. The fourth-order valence-electron chi connectivity index (χ4n) is 1.77. The molecule has 2 N–H and O–H groups in total. The number of benzene rings is 1. The molecule has 3 nitrogen and oxygen atoms in total. The van der Waals surface area contributed by atoms with Gasteiger partial charge in [-0.05, 0) is 51.8 Å². The maximum Gasteiger partial charge on any atom is 0.239 e. The van der Waals surface area contributed by atoms with E-state index in [0.29, 0.717) is 5.02 Å². The number of carbonyl (C=O) groups is 1. The highest BCUT2D eigenvalue weighted by Gasteiger charge is 2.14. The van der Waals surface area contributed by atoms with E-state index >= 15 is 0 Å². The average molecular weight is 269 g/mol. The summed E-state index contributed by atoms with van der Waals surface area (Å²) in [6, 6.07) is 3.93. The van der Waals surface area contributed by atoms with Crippen LogP contribution in [0.5, 0.6) is 0 Å². The van der Waals surface area contributed by atoms with Gasteiger partial charge in [0.15, 0.2) is 0 Å². The van der Waals surface area contributed by atoms with Gasteiger partial charge in [0.1, 0.15) is 0 Å². The van der Waals surface area contributed by atoms with Gasteiger partial charge in [0.25, 0.3) is 0 Å². The van der Waals surface area contributed by atoms with Crippen molar-refractivity contribution >= 4 is 23.2 Å². The molecule has 1 amide bonds. The number of anilines is 1. The van der Waals surface area contributed by atoms with Crippen LogP contribution in [0.4, 0.5) is 5.69 Å². The molecule has 1 aromatic rings. The molecular formula is C14H21ClN2O. The SMILES string of the molecule is Cc1cc(C)c(NCC(=O)NC(C)(C)C)c(Cl)c1. The second-order valence-electron chi connectivity index (χ2n) is 5.59. The Morgan fingerprint density at radius 2 is 1.89 bits per heavy atom. The summed E-state index contributed by atoms with van der Waals surface area (Å²) in [5.74, 6) is -0.0430. The summed E-state index contributed by atoms with van der Waals surface area (Å²) in [7, 11) is 0. The fourth-order valence-corrected chi connectivity index (χ4v) is 2.16. The highest BCUT2D eigenvalue weighted by molar-refractivity contribution is 6.33. The highest BCUT2D eigenvalue weighted by Crippen LogP contribution is 2.26. The van der Waals surface area contributed by atoms with E-state index in [1.165, 1.54) is 0 Å². The van der Waals surface area contributed by atoms with E-state index in [0.717, 1.165) is 16.8 Å². The molecule has 0 aliphatic rings. The molecule has 0 heterocycles. The molecule has 1 aromatic carbocycles. The molecule has 0 spiro atoms. The molecular weight excluding hydrogens is 248 g/mol. The van der Waals surface area contributed by atoms with Crippen LogP contribution in [0.2, 0.25) is 5.02 Å². The number of carbonyl (C=O) groups excluding carboxylic acids is 1. The average Bonchev–Trinajstić information content (AvgIpc) is 2.12. The van der Waals surface area contributed by atoms with Gasteiger partial charge in [-0.1, -0.05) is 17.7 Å². The first-order chi connectivity index (χ1) is 8.19. The van der Waals surface area contributed by atoms with Gasteiger partial charge in [0.05, 0.1) is 17.3 Å². The third kappa shape index (κ3) is 4.57. The Hall–Kier alpha value is -1.22. The summed E-state index contributed by atoms with van der Waals surface area (Å²) in [6.45, 7) is 10.1. The van der Waals surface area contributed by atoms with Crippen LogP contribution in [0.3, 0.4) is 0 Å². The van der Waals surface area contributed by atoms with E-state index in [9.17, 15) is 4.79 Å². The molecule has 0 unspecified atom stereocenters. The monoisotopic (exact) mass is 268 g/mol. The van der Waals surface area contributed by atoms with Crippen LogP contribution in [0.15, 0.2) is 12.1 Å². The lowest BCUT2D eigenvalue weighted by Gasteiger charge is -2.21. The van der Waals surface area contributed by atoms with E-state index in [4.69, 9.17) is 11.6 Å². The number of rotatable bonds is 3. The van der Waals surface area contributed by atoms with E-state index in [1.54, 1.807) is 0 Å². The molecule has 0 saturated carbocycles. The number of halogens is 1. The molecule has 0 aromatic heterocycles. The highest BCUT2D eigenvalue weighted by atomic mass is 35.5. The topological polar surface area (TPSA) is 41.1 Å². The number of hydrogen-bond donors (Lipinski definition) is 2. The molecule has 4 heteroatoms. The standard InChI is InChI=1S/C14H21ClN2O/c1-9-6-10(2)13(11(15)7-9)16-8-12(18)17-14(3,4)5/h6-7,16H,8H2,1-5H3,(H,17,18). The van der Waals surface area contributed by atoms with Crippen LogP contribution in [-0.2, 0) is 4.79 Å².